The first-order valence-corrected chi connectivity index (χ1v) is 13.7. The second-order valence-corrected chi connectivity index (χ2v) is 10.0. The molecule has 5 rings (SSSR count). The standard InChI is InChI=1S/C30H23ClN6O2S/c1-20-10-9-11-21(18-20)33-35-28(23-14-5-7-16-25(23)31)36-34-27(38)19-40-30-32-26-17-8-6-15-24(26)29(39)37(30)22-12-3-2-4-13-22/h2-18H,19H2,1H3,(H,34,38)/b35-33?,36-28+. The molecule has 0 bridgehead atoms. The molecule has 0 radical (unpaired) electrons. The molecule has 0 aliphatic heterocycles. The van der Waals surface area contributed by atoms with E-state index in [0.29, 0.717) is 38.0 Å². The smallest absolute Gasteiger partial charge is 0.266 e. The zero-order valence-corrected chi connectivity index (χ0v) is 22.9. The van der Waals surface area contributed by atoms with E-state index >= 15 is 0 Å². The van der Waals surface area contributed by atoms with E-state index in [1.165, 1.54) is 4.57 Å². The number of hydrogen-bond donors (Lipinski definition) is 1. The van der Waals surface area contributed by atoms with Crippen LogP contribution in [0.5, 0.6) is 0 Å². The highest BCUT2D eigenvalue weighted by Gasteiger charge is 2.15. The minimum atomic E-state index is -0.415. The van der Waals surface area contributed by atoms with Gasteiger partial charge in [-0.05, 0) is 61.0 Å². The van der Waals surface area contributed by atoms with E-state index in [2.05, 4.69) is 25.7 Å². The van der Waals surface area contributed by atoms with Gasteiger partial charge >= 0.3 is 0 Å². The number of hydrogen-bond acceptors (Lipinski definition) is 6. The van der Waals surface area contributed by atoms with Crippen molar-refractivity contribution in [1.29, 1.82) is 0 Å². The molecular weight excluding hydrogens is 544 g/mol. The van der Waals surface area contributed by atoms with E-state index in [-0.39, 0.29) is 17.1 Å². The van der Waals surface area contributed by atoms with Crippen LogP contribution in [0, 0.1) is 6.92 Å². The number of para-hydroxylation sites is 2. The zero-order chi connectivity index (χ0) is 27.9. The predicted molar refractivity (Wildman–Crippen MR) is 160 cm³/mol. The third-order valence-electron chi connectivity index (χ3n) is 5.75. The van der Waals surface area contributed by atoms with E-state index in [1.807, 2.05) is 67.6 Å². The summed E-state index contributed by atoms with van der Waals surface area (Å²) in [6, 6.07) is 30.9. The summed E-state index contributed by atoms with van der Waals surface area (Å²) < 4.78 is 1.51. The molecule has 198 valence electrons. The predicted octanol–water partition coefficient (Wildman–Crippen LogP) is 6.70. The summed E-state index contributed by atoms with van der Waals surface area (Å²) in [5.74, 6) is -0.316. The van der Waals surface area contributed by atoms with Gasteiger partial charge in [0.05, 0.1) is 33.1 Å². The maximum atomic E-state index is 13.4. The lowest BCUT2D eigenvalue weighted by atomic mass is 10.2. The number of aromatic nitrogens is 2. The van der Waals surface area contributed by atoms with Crippen molar-refractivity contribution in [3.8, 4) is 5.69 Å². The maximum absolute atomic E-state index is 13.4. The Balaban J connectivity index is 1.40. The molecule has 10 heteroatoms. The van der Waals surface area contributed by atoms with Crippen LogP contribution < -0.4 is 11.0 Å². The molecule has 0 saturated heterocycles. The van der Waals surface area contributed by atoms with E-state index in [9.17, 15) is 9.59 Å². The first kappa shape index (κ1) is 27.0. The first-order chi connectivity index (χ1) is 19.5. The Morgan fingerprint density at radius 2 is 1.70 bits per heavy atom. The van der Waals surface area contributed by atoms with Crippen molar-refractivity contribution in [3.63, 3.8) is 0 Å². The van der Waals surface area contributed by atoms with Crippen molar-refractivity contribution in [2.24, 2.45) is 15.3 Å². The topological polar surface area (TPSA) is 101 Å². The lowest BCUT2D eigenvalue weighted by Gasteiger charge is -2.13. The number of carbonyl (C=O) groups excluding carboxylic acids is 1. The Bertz CT molecular complexity index is 1800. The number of fused-ring (bicyclic) bond motifs is 1. The lowest BCUT2D eigenvalue weighted by molar-refractivity contribution is -0.118. The first-order valence-electron chi connectivity index (χ1n) is 12.3. The fourth-order valence-electron chi connectivity index (χ4n) is 3.87. The number of halogens is 1. The number of aryl methyl sites for hydroxylation is 1. The second-order valence-electron chi connectivity index (χ2n) is 8.67. The van der Waals surface area contributed by atoms with Crippen molar-refractivity contribution >= 4 is 51.7 Å². The van der Waals surface area contributed by atoms with Crippen LogP contribution in [-0.2, 0) is 4.79 Å². The van der Waals surface area contributed by atoms with Crippen LogP contribution >= 0.6 is 23.4 Å². The molecule has 1 aromatic heterocycles. The Hall–Kier alpha value is -4.60. The Morgan fingerprint density at radius 3 is 2.50 bits per heavy atom. The van der Waals surface area contributed by atoms with Gasteiger partial charge in [0.1, 0.15) is 0 Å². The quantitative estimate of drug-likeness (QED) is 0.0591. The molecule has 1 amide bonds. The molecule has 5 aromatic rings. The third kappa shape index (κ3) is 6.33. The van der Waals surface area contributed by atoms with E-state index < -0.39 is 5.91 Å². The van der Waals surface area contributed by atoms with Gasteiger partial charge < -0.3 is 0 Å². The normalized spacial score (nSPS) is 11.7. The summed E-state index contributed by atoms with van der Waals surface area (Å²) in [5, 5.41) is 14.1. The monoisotopic (exact) mass is 566 g/mol. The van der Waals surface area contributed by atoms with Gasteiger partial charge in [0.2, 0.25) is 5.84 Å². The van der Waals surface area contributed by atoms with Gasteiger partial charge in [-0.1, -0.05) is 78.0 Å². The third-order valence-corrected chi connectivity index (χ3v) is 7.02. The Morgan fingerprint density at radius 1 is 0.950 bits per heavy atom. The van der Waals surface area contributed by atoms with Gasteiger partial charge in [-0.3, -0.25) is 14.2 Å². The number of azo groups is 1. The van der Waals surface area contributed by atoms with Crippen molar-refractivity contribution in [2.75, 3.05) is 5.75 Å². The summed E-state index contributed by atoms with van der Waals surface area (Å²) in [6.45, 7) is 1.96. The van der Waals surface area contributed by atoms with Crippen LogP contribution in [0.25, 0.3) is 16.6 Å². The molecule has 40 heavy (non-hydrogen) atoms. The lowest BCUT2D eigenvalue weighted by Crippen LogP contribution is -2.24. The summed E-state index contributed by atoms with van der Waals surface area (Å²) in [4.78, 5) is 30.9. The number of benzene rings is 4. The molecule has 0 aliphatic rings. The van der Waals surface area contributed by atoms with Crippen molar-refractivity contribution < 1.29 is 4.79 Å². The van der Waals surface area contributed by atoms with Gasteiger partial charge in [-0.2, -0.15) is 5.10 Å². The Kier molecular flexibility index (Phi) is 8.44. The largest absolute Gasteiger partial charge is 0.272 e. The van der Waals surface area contributed by atoms with Gasteiger partial charge in [-0.25, -0.2) is 10.4 Å². The maximum Gasteiger partial charge on any atom is 0.266 e. The number of nitrogens with one attached hydrogen (secondary N) is 1. The highest BCUT2D eigenvalue weighted by Crippen LogP contribution is 2.22. The van der Waals surface area contributed by atoms with Crippen LogP contribution in [0.2, 0.25) is 5.02 Å². The number of hydrazone groups is 1. The fraction of sp³-hybridized carbons (Fsp3) is 0.0667. The summed E-state index contributed by atoms with van der Waals surface area (Å²) in [5.41, 5.74) is 5.73. The van der Waals surface area contributed by atoms with E-state index in [4.69, 9.17) is 11.6 Å². The van der Waals surface area contributed by atoms with E-state index in [0.717, 1.165) is 17.3 Å². The van der Waals surface area contributed by atoms with Crippen LogP contribution in [-0.4, -0.2) is 27.0 Å². The summed E-state index contributed by atoms with van der Waals surface area (Å²) in [6.07, 6.45) is 0. The van der Waals surface area contributed by atoms with Crippen LogP contribution in [0.3, 0.4) is 0 Å². The second kappa shape index (κ2) is 12.5. The highest BCUT2D eigenvalue weighted by atomic mass is 35.5. The highest BCUT2D eigenvalue weighted by molar-refractivity contribution is 7.99. The molecule has 4 aromatic carbocycles. The van der Waals surface area contributed by atoms with Crippen LogP contribution in [0.1, 0.15) is 11.1 Å². The minimum Gasteiger partial charge on any atom is -0.272 e. The minimum absolute atomic E-state index is 0.0497. The molecule has 0 unspecified atom stereocenters. The van der Waals surface area contributed by atoms with Gasteiger partial charge in [-0.15, -0.1) is 10.2 Å². The van der Waals surface area contributed by atoms with Gasteiger partial charge in [0, 0.05) is 5.56 Å². The van der Waals surface area contributed by atoms with Gasteiger partial charge in [0.15, 0.2) is 5.16 Å². The molecule has 0 spiro atoms. The molecule has 0 aliphatic carbocycles. The number of amides is 1. The number of carbonyl (C=O) groups is 1. The SMILES string of the molecule is Cc1cccc(N=N/C(=N/NC(=O)CSc2nc3ccccc3c(=O)n2-c2ccccc2)c2ccccc2Cl)c1. The molecule has 8 nitrogen and oxygen atoms in total. The fourth-order valence-corrected chi connectivity index (χ4v) is 4.89. The van der Waals surface area contributed by atoms with E-state index in [1.54, 1.807) is 42.5 Å². The van der Waals surface area contributed by atoms with Crippen molar-refractivity contribution in [1.82, 2.24) is 15.0 Å². The molecule has 0 saturated carbocycles. The number of amidine groups is 1. The van der Waals surface area contributed by atoms with Crippen molar-refractivity contribution in [2.45, 2.75) is 12.1 Å². The molecule has 1 heterocycles. The number of nitrogens with zero attached hydrogens (tertiary/aromatic N) is 5. The Labute approximate surface area is 239 Å². The van der Waals surface area contributed by atoms with Crippen LogP contribution in [0.15, 0.2) is 128 Å². The molecule has 0 fully saturated rings. The average Bonchev–Trinajstić information content (AvgIpc) is 2.97. The van der Waals surface area contributed by atoms with Crippen molar-refractivity contribution in [3.05, 3.63) is 130 Å². The molecular formula is C30H23ClN6O2S. The molecule has 1 N–H and O–H groups in total. The number of thioether (sulfide) groups is 1. The molecule has 0 atom stereocenters. The van der Waals surface area contributed by atoms with Crippen LogP contribution in [0.4, 0.5) is 5.69 Å². The number of rotatable bonds is 7. The summed E-state index contributed by atoms with van der Waals surface area (Å²) in [7, 11) is 0. The zero-order valence-electron chi connectivity index (χ0n) is 21.4. The van der Waals surface area contributed by atoms with Gasteiger partial charge in [0.25, 0.3) is 11.5 Å². The average molecular weight is 567 g/mol. The summed E-state index contributed by atoms with van der Waals surface area (Å²) >= 11 is 7.51.